The Labute approximate surface area is 121 Å². The Balaban J connectivity index is 0.000000289. The van der Waals surface area contributed by atoms with Crippen molar-refractivity contribution in [3.05, 3.63) is 65.2 Å². The van der Waals surface area contributed by atoms with E-state index in [0.29, 0.717) is 5.75 Å². The average Bonchev–Trinajstić information content (AvgIpc) is 2.43. The van der Waals surface area contributed by atoms with Gasteiger partial charge in [0.15, 0.2) is 0 Å². The molecule has 0 bridgehead atoms. The van der Waals surface area contributed by atoms with E-state index in [1.807, 2.05) is 25.1 Å². The lowest BCUT2D eigenvalue weighted by Gasteiger charge is -1.92. The topological polar surface area (TPSA) is 60.7 Å². The van der Waals surface area contributed by atoms with Crippen molar-refractivity contribution in [2.75, 3.05) is 13.2 Å². The summed E-state index contributed by atoms with van der Waals surface area (Å²) in [4.78, 5) is 0. The first kappa shape index (κ1) is 18.2. The molecule has 0 aromatic heterocycles. The maximum absolute atomic E-state index is 8.92. The Hall–Kier alpha value is -1.84. The Bertz CT molecular complexity index is 441. The first-order valence-electron chi connectivity index (χ1n) is 6.50. The van der Waals surface area contributed by atoms with Crippen LogP contribution in [-0.2, 0) is 0 Å². The lowest BCUT2D eigenvalue weighted by atomic mass is 10.2. The van der Waals surface area contributed by atoms with Gasteiger partial charge in [-0.1, -0.05) is 53.6 Å². The second-order valence-electron chi connectivity index (χ2n) is 4.39. The molecule has 0 amide bonds. The van der Waals surface area contributed by atoms with Crippen LogP contribution in [0.3, 0.4) is 0 Å². The molecule has 2 aromatic rings. The van der Waals surface area contributed by atoms with Gasteiger partial charge in [-0.25, -0.2) is 0 Å². The van der Waals surface area contributed by atoms with E-state index in [-0.39, 0.29) is 13.2 Å². The summed E-state index contributed by atoms with van der Waals surface area (Å²) in [7, 11) is 0. The summed E-state index contributed by atoms with van der Waals surface area (Å²) in [6.07, 6.45) is 0. The number of hydrogen-bond donors (Lipinski definition) is 3. The highest BCUT2D eigenvalue weighted by Crippen LogP contribution is 2.12. The summed E-state index contributed by atoms with van der Waals surface area (Å²) >= 11 is 0. The SMILES string of the molecule is Cc1cccc(C)c1.Cc1ccccc1O.OCCO. The van der Waals surface area contributed by atoms with E-state index >= 15 is 0 Å². The number of benzene rings is 2. The molecule has 0 aliphatic rings. The predicted octanol–water partition coefficient (Wildman–Crippen LogP) is 2.98. The van der Waals surface area contributed by atoms with Gasteiger partial charge in [0.05, 0.1) is 13.2 Å². The van der Waals surface area contributed by atoms with Crippen molar-refractivity contribution in [1.29, 1.82) is 0 Å². The molecule has 0 saturated carbocycles. The van der Waals surface area contributed by atoms with Crippen LogP contribution >= 0.6 is 0 Å². The number of aryl methyl sites for hydroxylation is 3. The van der Waals surface area contributed by atoms with Gasteiger partial charge < -0.3 is 15.3 Å². The van der Waals surface area contributed by atoms with Gasteiger partial charge in [-0.3, -0.25) is 0 Å². The normalized spacial score (nSPS) is 8.85. The van der Waals surface area contributed by atoms with Crippen molar-refractivity contribution >= 4 is 0 Å². The third-order valence-corrected chi connectivity index (χ3v) is 2.39. The molecule has 0 atom stereocenters. The van der Waals surface area contributed by atoms with Crippen molar-refractivity contribution in [2.45, 2.75) is 20.8 Å². The van der Waals surface area contributed by atoms with Crippen LogP contribution in [0, 0.1) is 20.8 Å². The van der Waals surface area contributed by atoms with E-state index in [9.17, 15) is 0 Å². The van der Waals surface area contributed by atoms with Crippen LogP contribution in [-0.4, -0.2) is 28.5 Å². The maximum Gasteiger partial charge on any atom is 0.118 e. The number of phenols is 1. The molecule has 110 valence electrons. The number of phenolic OH excluding ortho intramolecular Hbond substituents is 1. The van der Waals surface area contributed by atoms with E-state index in [0.717, 1.165) is 5.56 Å². The molecule has 0 unspecified atom stereocenters. The summed E-state index contributed by atoms with van der Waals surface area (Å²) in [6, 6.07) is 15.7. The van der Waals surface area contributed by atoms with E-state index in [4.69, 9.17) is 15.3 Å². The van der Waals surface area contributed by atoms with Gasteiger partial charge in [-0.05, 0) is 32.4 Å². The third kappa shape index (κ3) is 9.14. The van der Waals surface area contributed by atoms with Gasteiger partial charge in [0.1, 0.15) is 5.75 Å². The molecule has 3 heteroatoms. The van der Waals surface area contributed by atoms with Crippen LogP contribution in [0.15, 0.2) is 48.5 Å². The molecule has 3 N–H and O–H groups in total. The fourth-order valence-electron chi connectivity index (χ4n) is 1.37. The zero-order valence-corrected chi connectivity index (χ0v) is 12.4. The molecule has 0 radical (unpaired) electrons. The van der Waals surface area contributed by atoms with Crippen molar-refractivity contribution in [3.63, 3.8) is 0 Å². The van der Waals surface area contributed by atoms with Gasteiger partial charge in [0.2, 0.25) is 0 Å². The molecule has 0 aliphatic heterocycles. The highest BCUT2D eigenvalue weighted by Gasteiger charge is 1.87. The average molecular weight is 276 g/mol. The Morgan fingerprint density at radius 2 is 1.25 bits per heavy atom. The quantitative estimate of drug-likeness (QED) is 0.750. The van der Waals surface area contributed by atoms with Gasteiger partial charge in [0, 0.05) is 0 Å². The fourth-order valence-corrected chi connectivity index (χ4v) is 1.37. The molecule has 0 fully saturated rings. The van der Waals surface area contributed by atoms with Crippen LogP contribution in [0.2, 0.25) is 0 Å². The molecule has 0 saturated heterocycles. The first-order valence-corrected chi connectivity index (χ1v) is 6.50. The van der Waals surface area contributed by atoms with Crippen molar-refractivity contribution in [2.24, 2.45) is 0 Å². The van der Waals surface area contributed by atoms with E-state index in [2.05, 4.69) is 38.1 Å². The summed E-state index contributed by atoms with van der Waals surface area (Å²) in [6.45, 7) is 5.83. The zero-order chi connectivity index (χ0) is 15.4. The van der Waals surface area contributed by atoms with Crippen molar-refractivity contribution in [1.82, 2.24) is 0 Å². The molecule has 20 heavy (non-hydrogen) atoms. The minimum absolute atomic E-state index is 0.125. The summed E-state index contributed by atoms with van der Waals surface area (Å²) < 4.78 is 0. The van der Waals surface area contributed by atoms with Crippen LogP contribution in [0.4, 0.5) is 0 Å². The first-order chi connectivity index (χ1) is 9.51. The lowest BCUT2D eigenvalue weighted by Crippen LogP contribution is -1.85. The zero-order valence-electron chi connectivity index (χ0n) is 12.4. The number of aliphatic hydroxyl groups excluding tert-OH is 2. The molecule has 3 nitrogen and oxygen atoms in total. The van der Waals surface area contributed by atoms with Crippen LogP contribution < -0.4 is 0 Å². The van der Waals surface area contributed by atoms with Crippen molar-refractivity contribution in [3.8, 4) is 5.75 Å². The summed E-state index contributed by atoms with van der Waals surface area (Å²) in [5, 5.41) is 24.2. The molecule has 2 aromatic carbocycles. The minimum atomic E-state index is -0.125. The van der Waals surface area contributed by atoms with Crippen LogP contribution in [0.5, 0.6) is 5.75 Å². The fraction of sp³-hybridized carbons (Fsp3) is 0.294. The summed E-state index contributed by atoms with van der Waals surface area (Å²) in [5.41, 5.74) is 3.60. The van der Waals surface area contributed by atoms with Gasteiger partial charge in [-0.2, -0.15) is 0 Å². The van der Waals surface area contributed by atoms with Crippen molar-refractivity contribution < 1.29 is 15.3 Å². The second-order valence-corrected chi connectivity index (χ2v) is 4.39. The standard InChI is InChI=1S/C8H10.C7H8O.C2H6O2/c1-7-4-3-5-8(2)6-7;1-6-4-2-3-5-7(6)8;3-1-2-4/h3-6H,1-2H3;2-5,8H,1H3;3-4H,1-2H2. The highest BCUT2D eigenvalue weighted by molar-refractivity contribution is 5.29. The van der Waals surface area contributed by atoms with E-state index in [1.54, 1.807) is 6.07 Å². The van der Waals surface area contributed by atoms with E-state index in [1.165, 1.54) is 11.1 Å². The number of para-hydroxylation sites is 1. The number of hydrogen-bond acceptors (Lipinski definition) is 3. The second kappa shape index (κ2) is 11.0. The molecular weight excluding hydrogens is 252 g/mol. The Morgan fingerprint density at radius 3 is 1.50 bits per heavy atom. The lowest BCUT2D eigenvalue weighted by molar-refractivity contribution is 0.186. The van der Waals surface area contributed by atoms with Gasteiger partial charge in [-0.15, -0.1) is 0 Å². The molecule has 2 rings (SSSR count). The van der Waals surface area contributed by atoms with Crippen LogP contribution in [0.25, 0.3) is 0 Å². The highest BCUT2D eigenvalue weighted by atomic mass is 16.3. The molecular formula is C17H24O3. The largest absolute Gasteiger partial charge is 0.508 e. The van der Waals surface area contributed by atoms with Gasteiger partial charge >= 0.3 is 0 Å². The molecule has 0 spiro atoms. The van der Waals surface area contributed by atoms with Crippen LogP contribution in [0.1, 0.15) is 16.7 Å². The molecule has 0 aliphatic carbocycles. The third-order valence-electron chi connectivity index (χ3n) is 2.39. The van der Waals surface area contributed by atoms with E-state index < -0.39 is 0 Å². The number of rotatable bonds is 1. The predicted molar refractivity (Wildman–Crippen MR) is 82.9 cm³/mol. The number of aromatic hydroxyl groups is 1. The maximum atomic E-state index is 8.92. The monoisotopic (exact) mass is 276 g/mol. The minimum Gasteiger partial charge on any atom is -0.508 e. The molecule has 0 heterocycles. The summed E-state index contributed by atoms with van der Waals surface area (Å²) in [5.74, 6) is 0.368. The smallest absolute Gasteiger partial charge is 0.118 e. The number of aliphatic hydroxyl groups is 2. The Kier molecular flexibility index (Phi) is 10.0. The van der Waals surface area contributed by atoms with Gasteiger partial charge in [0.25, 0.3) is 0 Å². The Morgan fingerprint density at radius 1 is 0.750 bits per heavy atom.